The molecular formula is C28H30F3N7O5S. The first kappa shape index (κ1) is 30.9. The lowest BCUT2D eigenvalue weighted by atomic mass is 10.1. The molecule has 5 rings (SSSR count). The smallest absolute Gasteiger partial charge is 0.416 e. The van der Waals surface area contributed by atoms with Crippen molar-refractivity contribution in [3.63, 3.8) is 0 Å². The number of benzene rings is 2. The summed E-state index contributed by atoms with van der Waals surface area (Å²) in [6.07, 6.45) is -2.44. The Morgan fingerprint density at radius 1 is 1.02 bits per heavy atom. The van der Waals surface area contributed by atoms with Crippen LogP contribution < -0.4 is 24.4 Å². The Morgan fingerprint density at radius 2 is 1.73 bits per heavy atom. The number of aryl methyl sites for hydroxylation is 1. The number of sulfonamides is 1. The fraction of sp³-hybridized carbons (Fsp3) is 0.321. The Morgan fingerprint density at radius 3 is 2.39 bits per heavy atom. The van der Waals surface area contributed by atoms with E-state index in [-0.39, 0.29) is 17.1 Å². The van der Waals surface area contributed by atoms with Crippen LogP contribution in [0.3, 0.4) is 0 Å². The minimum Gasteiger partial charge on any atom is -0.492 e. The molecule has 0 aliphatic carbocycles. The van der Waals surface area contributed by atoms with E-state index >= 15 is 0 Å². The summed E-state index contributed by atoms with van der Waals surface area (Å²) in [5, 5.41) is 3.07. The highest BCUT2D eigenvalue weighted by atomic mass is 32.2. The lowest BCUT2D eigenvalue weighted by molar-refractivity contribution is -0.137. The summed E-state index contributed by atoms with van der Waals surface area (Å²) in [5.41, 5.74) is -1.42. The van der Waals surface area contributed by atoms with Crippen molar-refractivity contribution in [2.75, 3.05) is 61.5 Å². The average molecular weight is 634 g/mol. The number of para-hydroxylation sites is 1. The number of likely N-dealkylation sites (N-methyl/N-ethyl adjacent to an activating group) is 1. The summed E-state index contributed by atoms with van der Waals surface area (Å²) in [6, 6.07) is 9.65. The van der Waals surface area contributed by atoms with Crippen molar-refractivity contribution in [1.82, 2.24) is 19.4 Å². The van der Waals surface area contributed by atoms with Crippen LogP contribution in [0.1, 0.15) is 16.1 Å². The predicted octanol–water partition coefficient (Wildman–Crippen LogP) is 4.16. The minimum atomic E-state index is -4.84. The van der Waals surface area contributed by atoms with Crippen molar-refractivity contribution in [2.24, 2.45) is 7.05 Å². The summed E-state index contributed by atoms with van der Waals surface area (Å²) >= 11 is 0. The van der Waals surface area contributed by atoms with Gasteiger partial charge in [-0.05, 0) is 31.3 Å². The van der Waals surface area contributed by atoms with Gasteiger partial charge in [0.2, 0.25) is 21.9 Å². The van der Waals surface area contributed by atoms with Crippen LogP contribution >= 0.6 is 0 Å². The number of piperazine rings is 1. The van der Waals surface area contributed by atoms with E-state index in [1.54, 1.807) is 48.1 Å². The Kier molecular flexibility index (Phi) is 8.31. The normalized spacial score (nSPS) is 14.5. The second-order valence-electron chi connectivity index (χ2n) is 10.3. The number of carbonyl (C=O) groups excluding carboxylic acids is 1. The molecule has 0 bridgehead atoms. The average Bonchev–Trinajstić information content (AvgIpc) is 3.29. The van der Waals surface area contributed by atoms with Gasteiger partial charge in [0.05, 0.1) is 35.8 Å². The maximum atomic E-state index is 13.7. The number of hydrogen-bond acceptors (Lipinski definition) is 9. The van der Waals surface area contributed by atoms with Crippen LogP contribution in [0.2, 0.25) is 0 Å². The van der Waals surface area contributed by atoms with E-state index in [0.717, 1.165) is 39.5 Å². The van der Waals surface area contributed by atoms with Crippen molar-refractivity contribution >= 4 is 44.2 Å². The maximum absolute atomic E-state index is 13.7. The Balaban J connectivity index is 1.47. The zero-order chi connectivity index (χ0) is 31.8. The molecule has 1 amide bonds. The number of alkyl halides is 3. The second-order valence-corrected chi connectivity index (χ2v) is 12.0. The number of carbonyl (C=O) groups is 1. The molecule has 1 aliphatic heterocycles. The number of aromatic nitrogens is 3. The van der Waals surface area contributed by atoms with Gasteiger partial charge >= 0.3 is 6.18 Å². The first-order chi connectivity index (χ1) is 20.7. The molecule has 0 atom stereocenters. The zero-order valence-corrected chi connectivity index (χ0v) is 25.1. The van der Waals surface area contributed by atoms with E-state index in [0.29, 0.717) is 40.6 Å². The van der Waals surface area contributed by atoms with Gasteiger partial charge in [0.15, 0.2) is 11.5 Å². The van der Waals surface area contributed by atoms with Gasteiger partial charge in [0, 0.05) is 50.9 Å². The molecule has 3 heterocycles. The first-order valence-corrected chi connectivity index (χ1v) is 15.2. The van der Waals surface area contributed by atoms with Crippen LogP contribution in [0, 0.1) is 0 Å². The number of fused-ring (bicyclic) bond motifs is 1. The Hall–Kier alpha value is -4.57. The van der Waals surface area contributed by atoms with E-state index in [1.807, 2.05) is 4.72 Å². The topological polar surface area (TPSA) is 131 Å². The van der Waals surface area contributed by atoms with Gasteiger partial charge in [-0.25, -0.2) is 13.4 Å². The highest BCUT2D eigenvalue weighted by molar-refractivity contribution is 7.92. The predicted molar refractivity (Wildman–Crippen MR) is 159 cm³/mol. The largest absolute Gasteiger partial charge is 0.492 e. The third-order valence-corrected chi connectivity index (χ3v) is 7.62. The zero-order valence-electron chi connectivity index (χ0n) is 24.3. The van der Waals surface area contributed by atoms with Crippen LogP contribution in [-0.2, 0) is 23.2 Å². The molecule has 0 radical (unpaired) electrons. The van der Waals surface area contributed by atoms with Crippen LogP contribution in [0.15, 0.2) is 48.7 Å². The van der Waals surface area contributed by atoms with Gasteiger partial charge in [-0.15, -0.1) is 0 Å². The SMILES string of the molecule is COc1c(NC(=O)c2cc3cccc(Oc4ccnc(N5CCN(C)CC5)n4)c3n2C)cc(C(F)(F)F)cc1NS(C)(=O)=O. The lowest BCUT2D eigenvalue weighted by Crippen LogP contribution is -2.45. The van der Waals surface area contributed by atoms with Gasteiger partial charge in [-0.1, -0.05) is 12.1 Å². The number of nitrogens with one attached hydrogen (secondary N) is 2. The number of methoxy groups -OCH3 is 1. The fourth-order valence-electron chi connectivity index (χ4n) is 4.91. The summed E-state index contributed by atoms with van der Waals surface area (Å²) in [4.78, 5) is 26.7. The quantitative estimate of drug-likeness (QED) is 0.294. The number of amides is 1. The molecule has 2 N–H and O–H groups in total. The van der Waals surface area contributed by atoms with Crippen LogP contribution in [0.5, 0.6) is 17.4 Å². The second kappa shape index (κ2) is 11.8. The van der Waals surface area contributed by atoms with E-state index in [4.69, 9.17) is 9.47 Å². The molecule has 234 valence electrons. The standard InChI is InChI=1S/C28H30F3N7O5S/c1-36-10-12-38(13-11-36)27-32-9-8-23(34-27)43-22-7-5-6-17-14-21(37(2)24(17)22)26(39)33-19-15-18(28(29,30)31)16-20(25(19)42-3)35-44(4,40)41/h5-9,14-16,35H,10-13H2,1-4H3,(H,33,39). The van der Waals surface area contributed by atoms with Crippen molar-refractivity contribution < 1.29 is 35.9 Å². The number of rotatable bonds is 8. The van der Waals surface area contributed by atoms with Gasteiger partial charge in [-0.2, -0.15) is 18.2 Å². The van der Waals surface area contributed by atoms with E-state index < -0.39 is 33.4 Å². The van der Waals surface area contributed by atoms with Crippen LogP contribution in [-0.4, -0.2) is 80.4 Å². The number of ether oxygens (including phenoxy) is 2. The minimum absolute atomic E-state index is 0.0916. The van der Waals surface area contributed by atoms with Crippen molar-refractivity contribution in [3.05, 3.63) is 59.9 Å². The van der Waals surface area contributed by atoms with Gasteiger partial charge < -0.3 is 29.2 Å². The van der Waals surface area contributed by atoms with Gasteiger partial charge in [0.1, 0.15) is 5.69 Å². The Labute approximate surface area is 251 Å². The van der Waals surface area contributed by atoms with Crippen LogP contribution in [0.25, 0.3) is 10.9 Å². The maximum Gasteiger partial charge on any atom is 0.416 e. The highest BCUT2D eigenvalue weighted by Gasteiger charge is 2.33. The molecule has 1 saturated heterocycles. The van der Waals surface area contributed by atoms with E-state index in [2.05, 4.69) is 32.1 Å². The van der Waals surface area contributed by atoms with Gasteiger partial charge in [-0.3, -0.25) is 9.52 Å². The molecule has 1 fully saturated rings. The van der Waals surface area contributed by atoms with Crippen molar-refractivity contribution in [2.45, 2.75) is 6.18 Å². The molecule has 4 aromatic rings. The van der Waals surface area contributed by atoms with Crippen molar-refractivity contribution in [3.8, 4) is 17.4 Å². The number of nitrogens with zero attached hydrogens (tertiary/aromatic N) is 5. The lowest BCUT2D eigenvalue weighted by Gasteiger charge is -2.32. The van der Waals surface area contributed by atoms with Gasteiger partial charge in [0.25, 0.3) is 5.91 Å². The monoisotopic (exact) mass is 633 g/mol. The molecule has 1 aliphatic rings. The third-order valence-electron chi connectivity index (χ3n) is 7.03. The first-order valence-electron chi connectivity index (χ1n) is 13.3. The molecule has 0 unspecified atom stereocenters. The molecule has 2 aromatic heterocycles. The number of halogens is 3. The summed E-state index contributed by atoms with van der Waals surface area (Å²) in [7, 11) is 0.833. The molecular weight excluding hydrogens is 603 g/mol. The molecule has 0 saturated carbocycles. The van der Waals surface area contributed by atoms with E-state index in [1.165, 1.54) is 0 Å². The summed E-state index contributed by atoms with van der Waals surface area (Å²) < 4.78 is 79.6. The number of hydrogen-bond donors (Lipinski definition) is 2. The highest BCUT2D eigenvalue weighted by Crippen LogP contribution is 2.41. The summed E-state index contributed by atoms with van der Waals surface area (Å²) in [5.74, 6) is 0.169. The van der Waals surface area contributed by atoms with Crippen molar-refractivity contribution in [1.29, 1.82) is 0 Å². The molecule has 0 spiro atoms. The van der Waals surface area contributed by atoms with E-state index in [9.17, 15) is 26.4 Å². The summed E-state index contributed by atoms with van der Waals surface area (Å²) in [6.45, 7) is 3.30. The molecule has 44 heavy (non-hydrogen) atoms. The molecule has 16 heteroatoms. The fourth-order valence-corrected chi connectivity index (χ4v) is 5.46. The number of anilines is 3. The third kappa shape index (κ3) is 6.65. The Bertz CT molecular complexity index is 1820. The molecule has 2 aromatic carbocycles. The molecule has 12 nitrogen and oxygen atoms in total. The van der Waals surface area contributed by atoms with Crippen LogP contribution in [0.4, 0.5) is 30.5 Å².